The molecule has 0 aliphatic carbocycles. The molecule has 3 heterocycles. The van der Waals surface area contributed by atoms with E-state index < -0.39 is 0 Å². The predicted molar refractivity (Wildman–Crippen MR) is 88.1 cm³/mol. The molecule has 3 N–H and O–H groups in total. The Morgan fingerprint density at radius 2 is 2.00 bits per heavy atom. The minimum absolute atomic E-state index is 0.327. The normalized spacial score (nSPS) is 10.8. The topological polar surface area (TPSA) is 76.0 Å². The molecule has 1 aromatic carbocycles. The third kappa shape index (κ3) is 2.72. The molecule has 0 spiro atoms. The third-order valence-electron chi connectivity index (χ3n) is 3.81. The maximum Gasteiger partial charge on any atom is 0.302 e. The molecule has 0 saturated carbocycles. The molecule has 122 valence electrons. The van der Waals surface area contributed by atoms with Gasteiger partial charge in [0, 0.05) is 6.07 Å². The largest absolute Gasteiger partial charge is 0.302 e. The minimum atomic E-state index is -0.366. The highest BCUT2D eigenvalue weighted by Gasteiger charge is 2.27. The van der Waals surface area contributed by atoms with Crippen LogP contribution < -0.4 is 14.7 Å². The summed E-state index contributed by atoms with van der Waals surface area (Å²) >= 11 is 0. The number of nitrogens with zero attached hydrogens (tertiary/aromatic N) is 2. The first-order chi connectivity index (χ1) is 12.2. The SMILES string of the molecule is O=C(Nc1cc[nH+]cn1)c1[nH]c(-c2ccccc2F)[n+]2ccccc12. The van der Waals surface area contributed by atoms with Crippen molar-refractivity contribution in [2.45, 2.75) is 0 Å². The van der Waals surface area contributed by atoms with Crippen molar-refractivity contribution in [1.82, 2.24) is 9.97 Å². The van der Waals surface area contributed by atoms with Gasteiger partial charge in [-0.05, 0) is 29.2 Å². The van der Waals surface area contributed by atoms with Gasteiger partial charge in [0.2, 0.25) is 5.69 Å². The van der Waals surface area contributed by atoms with E-state index in [1.54, 1.807) is 47.1 Å². The molecule has 0 aliphatic rings. The number of hydrogen-bond donors (Lipinski definition) is 2. The second kappa shape index (κ2) is 6.12. The highest BCUT2D eigenvalue weighted by atomic mass is 19.1. The van der Waals surface area contributed by atoms with Crippen LogP contribution in [0.25, 0.3) is 16.9 Å². The fourth-order valence-electron chi connectivity index (χ4n) is 2.68. The van der Waals surface area contributed by atoms with Crippen LogP contribution in [0.1, 0.15) is 10.5 Å². The van der Waals surface area contributed by atoms with Crippen molar-refractivity contribution >= 4 is 17.2 Å². The number of aromatic nitrogens is 4. The first-order valence-electron chi connectivity index (χ1n) is 7.65. The van der Waals surface area contributed by atoms with Crippen LogP contribution >= 0.6 is 0 Å². The van der Waals surface area contributed by atoms with Gasteiger partial charge in [0.25, 0.3) is 18.0 Å². The summed E-state index contributed by atoms with van der Waals surface area (Å²) in [5.74, 6) is 0.187. The summed E-state index contributed by atoms with van der Waals surface area (Å²) < 4.78 is 16.0. The Morgan fingerprint density at radius 3 is 2.80 bits per heavy atom. The molecular formula is C18H14FN5O+2. The molecule has 0 unspecified atom stereocenters. The van der Waals surface area contributed by atoms with Gasteiger partial charge in [-0.15, -0.1) is 0 Å². The number of carbonyl (C=O) groups excluding carboxylic acids is 1. The van der Waals surface area contributed by atoms with E-state index in [4.69, 9.17) is 0 Å². The number of benzene rings is 1. The van der Waals surface area contributed by atoms with Gasteiger partial charge in [0.05, 0.1) is 12.4 Å². The Morgan fingerprint density at radius 1 is 1.16 bits per heavy atom. The molecule has 0 saturated heterocycles. The van der Waals surface area contributed by atoms with Crippen LogP contribution in [0.15, 0.2) is 67.3 Å². The van der Waals surface area contributed by atoms with E-state index in [9.17, 15) is 9.18 Å². The first kappa shape index (κ1) is 14.9. The van der Waals surface area contributed by atoms with Gasteiger partial charge in [0.15, 0.2) is 5.52 Å². The van der Waals surface area contributed by atoms with Crippen LogP contribution in [-0.2, 0) is 0 Å². The third-order valence-corrected chi connectivity index (χ3v) is 3.81. The number of carbonyl (C=O) groups is 1. The second-order valence-electron chi connectivity index (χ2n) is 5.38. The van der Waals surface area contributed by atoms with Gasteiger partial charge in [-0.3, -0.25) is 15.1 Å². The van der Waals surface area contributed by atoms with Gasteiger partial charge in [0.1, 0.15) is 11.4 Å². The molecule has 1 amide bonds. The van der Waals surface area contributed by atoms with Gasteiger partial charge in [-0.2, -0.15) is 4.40 Å². The lowest BCUT2D eigenvalue weighted by atomic mass is 10.2. The van der Waals surface area contributed by atoms with Crippen LogP contribution in [0.5, 0.6) is 0 Å². The Hall–Kier alpha value is -3.61. The Balaban J connectivity index is 1.83. The van der Waals surface area contributed by atoms with E-state index in [0.29, 0.717) is 28.4 Å². The lowest BCUT2D eigenvalue weighted by Gasteiger charge is -1.95. The highest BCUT2D eigenvalue weighted by molar-refractivity contribution is 6.06. The summed E-state index contributed by atoms with van der Waals surface area (Å²) in [6, 6.07) is 13.5. The van der Waals surface area contributed by atoms with Gasteiger partial charge >= 0.3 is 5.91 Å². The predicted octanol–water partition coefficient (Wildman–Crippen LogP) is 2.02. The van der Waals surface area contributed by atoms with E-state index in [0.717, 1.165) is 0 Å². The van der Waals surface area contributed by atoms with Gasteiger partial charge in [-0.1, -0.05) is 18.2 Å². The number of fused-ring (bicyclic) bond motifs is 1. The van der Waals surface area contributed by atoms with Crippen molar-refractivity contribution in [3.05, 3.63) is 78.8 Å². The van der Waals surface area contributed by atoms with Crippen molar-refractivity contribution < 1.29 is 18.6 Å². The number of rotatable bonds is 3. The standard InChI is InChI=1S/C18H12FN5O/c19-13-6-2-1-5-12(13)17-23-16(14-7-3-4-10-24(14)17)18(25)22-15-8-9-20-11-21-15/h1-11H,(H,20,21,22,25)/p+2. The summed E-state index contributed by atoms with van der Waals surface area (Å²) in [6.07, 6.45) is 4.91. The molecule has 0 atom stereocenters. The Labute approximate surface area is 142 Å². The van der Waals surface area contributed by atoms with E-state index in [2.05, 4.69) is 20.3 Å². The highest BCUT2D eigenvalue weighted by Crippen LogP contribution is 2.21. The maximum absolute atomic E-state index is 14.2. The molecule has 7 heteroatoms. The molecular weight excluding hydrogens is 321 g/mol. The number of H-pyrrole nitrogens is 2. The summed E-state index contributed by atoms with van der Waals surface area (Å²) in [4.78, 5) is 22.5. The van der Waals surface area contributed by atoms with Crippen molar-refractivity contribution in [3.63, 3.8) is 0 Å². The summed E-state index contributed by atoms with van der Waals surface area (Å²) in [5, 5.41) is 2.72. The van der Waals surface area contributed by atoms with E-state index >= 15 is 0 Å². The molecule has 0 radical (unpaired) electrons. The minimum Gasteiger partial charge on any atom is -0.282 e. The monoisotopic (exact) mass is 335 g/mol. The van der Waals surface area contributed by atoms with Crippen molar-refractivity contribution in [3.8, 4) is 11.4 Å². The Kier molecular flexibility index (Phi) is 3.66. The van der Waals surface area contributed by atoms with Crippen LogP contribution in [0.4, 0.5) is 10.2 Å². The molecule has 4 rings (SSSR count). The number of nitrogens with one attached hydrogen (secondary N) is 3. The van der Waals surface area contributed by atoms with Crippen LogP contribution in [0.2, 0.25) is 0 Å². The lowest BCUT2D eigenvalue weighted by molar-refractivity contribution is -0.498. The number of pyridine rings is 1. The van der Waals surface area contributed by atoms with Crippen molar-refractivity contribution in [1.29, 1.82) is 0 Å². The molecule has 3 aromatic heterocycles. The van der Waals surface area contributed by atoms with Crippen molar-refractivity contribution in [2.75, 3.05) is 5.32 Å². The number of aromatic amines is 2. The molecule has 6 nitrogen and oxygen atoms in total. The number of halogens is 1. The molecule has 0 aliphatic heterocycles. The molecule has 25 heavy (non-hydrogen) atoms. The quantitative estimate of drug-likeness (QED) is 0.562. The number of imidazole rings is 1. The van der Waals surface area contributed by atoms with E-state index in [1.165, 1.54) is 12.4 Å². The Bertz CT molecular complexity index is 1060. The van der Waals surface area contributed by atoms with Crippen LogP contribution in [0.3, 0.4) is 0 Å². The van der Waals surface area contributed by atoms with Crippen molar-refractivity contribution in [2.24, 2.45) is 0 Å². The first-order valence-corrected chi connectivity index (χ1v) is 7.65. The fraction of sp³-hybridized carbons (Fsp3) is 0. The second-order valence-corrected chi connectivity index (χ2v) is 5.38. The van der Waals surface area contributed by atoms with Crippen LogP contribution in [-0.4, -0.2) is 15.9 Å². The molecule has 4 aromatic rings. The summed E-state index contributed by atoms with van der Waals surface area (Å²) in [6.45, 7) is 0. The van der Waals surface area contributed by atoms with Gasteiger partial charge < -0.3 is 0 Å². The average molecular weight is 335 g/mol. The maximum atomic E-state index is 14.2. The lowest BCUT2D eigenvalue weighted by Crippen LogP contribution is -2.22. The smallest absolute Gasteiger partial charge is 0.282 e. The van der Waals surface area contributed by atoms with E-state index in [-0.39, 0.29) is 11.7 Å². The summed E-state index contributed by atoms with van der Waals surface area (Å²) in [5.41, 5.74) is 1.35. The zero-order valence-electron chi connectivity index (χ0n) is 13.0. The summed E-state index contributed by atoms with van der Waals surface area (Å²) in [7, 11) is 0. The number of hydrogen-bond acceptors (Lipinski definition) is 2. The fourth-order valence-corrected chi connectivity index (χ4v) is 2.68. The van der Waals surface area contributed by atoms with Crippen LogP contribution in [0, 0.1) is 5.82 Å². The van der Waals surface area contributed by atoms with E-state index in [1.807, 2.05) is 12.1 Å². The average Bonchev–Trinajstić information content (AvgIpc) is 3.03. The number of anilines is 1. The number of amides is 1. The zero-order valence-corrected chi connectivity index (χ0v) is 13.0. The van der Waals surface area contributed by atoms with Gasteiger partial charge in [-0.25, -0.2) is 9.37 Å². The zero-order chi connectivity index (χ0) is 17.2. The molecule has 0 fully saturated rings. The molecule has 0 bridgehead atoms.